The number of carbonyl (C=O) groups excluding carboxylic acids is 2. The van der Waals surface area contributed by atoms with Gasteiger partial charge in [-0.2, -0.15) is 13.2 Å². The molecule has 3 N–H and O–H groups in total. The lowest BCUT2D eigenvalue weighted by atomic mass is 10.0. The number of pyridine rings is 5. The number of likely N-dealkylation sites (tertiary alicyclic amines) is 1. The number of hydrogen-bond acceptors (Lipinski definition) is 10. The number of amides is 2. The van der Waals surface area contributed by atoms with Gasteiger partial charge in [-0.05, 0) is 72.9 Å². The van der Waals surface area contributed by atoms with Crippen LogP contribution in [0.1, 0.15) is 51.5 Å². The fourth-order valence-corrected chi connectivity index (χ4v) is 6.78. The van der Waals surface area contributed by atoms with Gasteiger partial charge in [0.15, 0.2) is 0 Å². The highest BCUT2D eigenvalue weighted by molar-refractivity contribution is 6.00. The normalized spacial score (nSPS) is 12.6. The van der Waals surface area contributed by atoms with Crippen LogP contribution in [0.5, 0.6) is 0 Å². The van der Waals surface area contributed by atoms with Gasteiger partial charge in [0.25, 0.3) is 11.8 Å². The zero-order chi connectivity index (χ0) is 43.5. The molecule has 12 nitrogen and oxygen atoms in total. The van der Waals surface area contributed by atoms with E-state index in [4.69, 9.17) is 19.9 Å². The summed E-state index contributed by atoms with van der Waals surface area (Å²) in [6, 6.07) is 29.3. The molecule has 1 aliphatic heterocycles. The van der Waals surface area contributed by atoms with Gasteiger partial charge < -0.3 is 25.1 Å². The van der Waals surface area contributed by atoms with Crippen LogP contribution in [-0.4, -0.2) is 75.0 Å². The third kappa shape index (κ3) is 10.4. The Morgan fingerprint density at radius 3 is 2.08 bits per heavy atom. The number of fused-ring (bicyclic) bond motifs is 3. The maximum atomic E-state index is 12.9. The average Bonchev–Trinajstić information content (AvgIpc) is 3.76. The first-order chi connectivity index (χ1) is 30.1. The number of halogens is 3. The van der Waals surface area contributed by atoms with Crippen LogP contribution in [0.15, 0.2) is 132 Å². The van der Waals surface area contributed by atoms with Crippen LogP contribution in [0.3, 0.4) is 0 Å². The van der Waals surface area contributed by atoms with Crippen LogP contribution in [0, 0.1) is 0 Å². The maximum Gasteiger partial charge on any atom is 0.433 e. The number of rotatable bonds is 8. The molecule has 0 atom stereocenters. The van der Waals surface area contributed by atoms with Gasteiger partial charge in [-0.25, -0.2) is 9.97 Å². The molecule has 1 saturated heterocycles. The Labute approximate surface area is 355 Å². The molecule has 1 aliphatic rings. The zero-order valence-corrected chi connectivity index (χ0v) is 33.8. The summed E-state index contributed by atoms with van der Waals surface area (Å²) >= 11 is 0. The molecule has 8 aromatic rings. The predicted octanol–water partition coefficient (Wildman–Crippen LogP) is 8.90. The van der Waals surface area contributed by atoms with E-state index in [2.05, 4.69) is 25.3 Å². The molecule has 0 radical (unpaired) electrons. The molecule has 0 saturated carbocycles. The average molecular weight is 841 g/mol. The number of para-hydroxylation sites is 1. The summed E-state index contributed by atoms with van der Waals surface area (Å²) in [4.78, 5) is 48.0. The molecular weight excluding hydrogens is 798 g/mol. The Kier molecular flexibility index (Phi) is 13.9. The van der Waals surface area contributed by atoms with Crippen molar-refractivity contribution in [2.45, 2.75) is 32.0 Å². The van der Waals surface area contributed by atoms with Crippen LogP contribution in [0.2, 0.25) is 0 Å². The highest BCUT2D eigenvalue weighted by Crippen LogP contribution is 2.32. The lowest BCUT2D eigenvalue weighted by molar-refractivity contribution is -0.141. The second-order valence-corrected chi connectivity index (χ2v) is 14.3. The summed E-state index contributed by atoms with van der Waals surface area (Å²) in [7, 11) is 1.60. The minimum atomic E-state index is -4.37. The third-order valence-corrected chi connectivity index (χ3v) is 10.0. The lowest BCUT2D eigenvalue weighted by Crippen LogP contribution is -2.36. The Morgan fingerprint density at radius 1 is 0.758 bits per heavy atom. The van der Waals surface area contributed by atoms with Crippen molar-refractivity contribution in [3.8, 4) is 22.5 Å². The molecule has 0 aliphatic carbocycles. The van der Waals surface area contributed by atoms with Crippen LogP contribution in [0.25, 0.3) is 55.2 Å². The number of piperidine rings is 1. The molecule has 2 aromatic carbocycles. The zero-order valence-electron chi connectivity index (χ0n) is 33.8. The van der Waals surface area contributed by atoms with Crippen molar-refractivity contribution in [3.05, 3.63) is 151 Å². The van der Waals surface area contributed by atoms with Crippen molar-refractivity contribution in [2.75, 3.05) is 33.4 Å². The molecule has 1 fully saturated rings. The molecule has 7 heterocycles. The van der Waals surface area contributed by atoms with Crippen LogP contribution in [0.4, 0.5) is 13.2 Å². The second kappa shape index (κ2) is 20.0. The second-order valence-electron chi connectivity index (χ2n) is 14.3. The molecular formula is C47H43F3N8O4. The van der Waals surface area contributed by atoms with Crippen molar-refractivity contribution in [1.29, 1.82) is 0 Å². The van der Waals surface area contributed by atoms with Crippen molar-refractivity contribution in [1.82, 2.24) is 35.1 Å². The Balaban J connectivity index is 0.000000150. The van der Waals surface area contributed by atoms with Crippen LogP contribution >= 0.6 is 0 Å². The molecule has 2 amide bonds. The SMILES string of the molecule is COCCNC(=O)c1ccc2cncc(-c3ccccc3)c2n1.NCc1ccc(C(F)(F)F)nc1.O=C(c1ccc2cncc(-c3cc4ccccc4o3)c2n1)N1CCCCC1. The van der Waals surface area contributed by atoms with Gasteiger partial charge in [-0.15, -0.1) is 0 Å². The smallest absolute Gasteiger partial charge is 0.433 e. The van der Waals surface area contributed by atoms with E-state index in [-0.39, 0.29) is 18.4 Å². The summed E-state index contributed by atoms with van der Waals surface area (Å²) in [6.07, 6.45) is 7.12. The van der Waals surface area contributed by atoms with Gasteiger partial charge in [0.05, 0.1) is 23.2 Å². The maximum absolute atomic E-state index is 12.9. The summed E-state index contributed by atoms with van der Waals surface area (Å²) in [6.45, 7) is 2.75. The highest BCUT2D eigenvalue weighted by atomic mass is 19.4. The lowest BCUT2D eigenvalue weighted by Gasteiger charge is -2.26. The largest absolute Gasteiger partial charge is 0.456 e. The van der Waals surface area contributed by atoms with Crippen molar-refractivity contribution in [2.24, 2.45) is 5.73 Å². The summed E-state index contributed by atoms with van der Waals surface area (Å²) in [5.74, 6) is 0.508. The number of carbonyl (C=O) groups is 2. The molecule has 0 bridgehead atoms. The first kappa shape index (κ1) is 43.0. The standard InChI is InChI=1S/C22H19N3O2.C18H17N3O2.C7H7F3N2/c26-22(25-10-4-1-5-11-25)18-9-8-16-13-23-14-17(21(16)24-18)20-12-15-6-2-3-7-19(15)27-20;1-23-10-9-20-18(22)16-8-7-14-11-19-12-15(17(14)21-16)13-5-3-2-4-6-13;8-7(9,10)6-2-1-5(3-11)4-12-6/h2-3,6-9,12-14H,1,4-5,10-11H2;2-8,11-12H,9-10H2,1H3,(H,20,22);1-2,4H,3,11H2. The number of ether oxygens (including phenoxy) is 1. The van der Waals surface area contributed by atoms with Gasteiger partial charge in [0, 0.05) is 86.0 Å². The number of nitrogens with zero attached hydrogens (tertiary/aromatic N) is 6. The van der Waals surface area contributed by atoms with Gasteiger partial charge in [-0.1, -0.05) is 54.6 Å². The molecule has 15 heteroatoms. The van der Waals surface area contributed by atoms with Crippen LogP contribution in [-0.2, 0) is 17.5 Å². The molecule has 6 aromatic heterocycles. The van der Waals surface area contributed by atoms with E-state index in [0.29, 0.717) is 35.9 Å². The van der Waals surface area contributed by atoms with E-state index in [1.54, 1.807) is 44.0 Å². The number of methoxy groups -OCH3 is 1. The monoisotopic (exact) mass is 840 g/mol. The van der Waals surface area contributed by atoms with E-state index in [1.165, 1.54) is 12.5 Å². The Hall–Kier alpha value is -7.10. The van der Waals surface area contributed by atoms with Gasteiger partial charge in [0.2, 0.25) is 0 Å². The number of alkyl halides is 3. The van der Waals surface area contributed by atoms with E-state index in [0.717, 1.165) is 87.7 Å². The third-order valence-electron chi connectivity index (χ3n) is 10.0. The quantitative estimate of drug-likeness (QED) is 0.141. The van der Waals surface area contributed by atoms with E-state index >= 15 is 0 Å². The van der Waals surface area contributed by atoms with Crippen molar-refractivity contribution >= 4 is 44.6 Å². The first-order valence-corrected chi connectivity index (χ1v) is 20.0. The number of nitrogens with one attached hydrogen (secondary N) is 1. The highest BCUT2D eigenvalue weighted by Gasteiger charge is 2.32. The molecule has 316 valence electrons. The summed E-state index contributed by atoms with van der Waals surface area (Å²) in [5.41, 5.74) is 10.8. The minimum absolute atomic E-state index is 0.00367. The summed E-state index contributed by atoms with van der Waals surface area (Å²) in [5, 5.41) is 5.61. The minimum Gasteiger partial charge on any atom is -0.456 e. The molecule has 62 heavy (non-hydrogen) atoms. The first-order valence-electron chi connectivity index (χ1n) is 20.0. The molecule has 0 spiro atoms. The molecule has 9 rings (SSSR count). The molecule has 0 unspecified atom stereocenters. The summed E-state index contributed by atoms with van der Waals surface area (Å²) < 4.78 is 46.7. The van der Waals surface area contributed by atoms with Gasteiger partial charge >= 0.3 is 6.18 Å². The van der Waals surface area contributed by atoms with Gasteiger partial charge in [0.1, 0.15) is 28.4 Å². The number of hydrogen-bond donors (Lipinski definition) is 2. The van der Waals surface area contributed by atoms with Crippen molar-refractivity contribution < 1.29 is 31.9 Å². The fraction of sp³-hybridized carbons (Fsp3) is 0.213. The van der Waals surface area contributed by atoms with Crippen molar-refractivity contribution in [3.63, 3.8) is 0 Å². The number of benzene rings is 2. The Bertz CT molecular complexity index is 2740. The predicted molar refractivity (Wildman–Crippen MR) is 231 cm³/mol. The van der Waals surface area contributed by atoms with E-state index < -0.39 is 11.9 Å². The van der Waals surface area contributed by atoms with E-state index in [1.807, 2.05) is 77.7 Å². The van der Waals surface area contributed by atoms with E-state index in [9.17, 15) is 22.8 Å². The van der Waals surface area contributed by atoms with Crippen LogP contribution < -0.4 is 11.1 Å². The number of furan rings is 1. The van der Waals surface area contributed by atoms with Gasteiger partial charge in [-0.3, -0.25) is 24.5 Å². The fourth-order valence-electron chi connectivity index (χ4n) is 6.78. The Morgan fingerprint density at radius 2 is 1.42 bits per heavy atom. The number of aromatic nitrogens is 5. The topological polar surface area (TPSA) is 162 Å². The number of nitrogens with two attached hydrogens (primary N) is 1.